The molecule has 1 aromatic heterocycles. The van der Waals surface area contributed by atoms with Gasteiger partial charge in [-0.05, 0) is 63.1 Å². The fraction of sp³-hybridized carbons (Fsp3) is 0.524. The normalized spacial score (nSPS) is 18.1. The van der Waals surface area contributed by atoms with Gasteiger partial charge in [0.05, 0.1) is 5.71 Å². The van der Waals surface area contributed by atoms with E-state index in [4.69, 9.17) is 4.98 Å². The molecule has 0 spiro atoms. The molecule has 2 aliphatic rings. The molecule has 0 unspecified atom stereocenters. The zero-order valence-electron chi connectivity index (χ0n) is 16.9. The minimum atomic E-state index is -0.260. The van der Waals surface area contributed by atoms with Crippen molar-refractivity contribution in [3.63, 3.8) is 0 Å². The number of rotatable bonds is 5. The van der Waals surface area contributed by atoms with Gasteiger partial charge in [-0.2, -0.15) is 20.1 Å². The fourth-order valence-corrected chi connectivity index (χ4v) is 3.76. The van der Waals surface area contributed by atoms with Gasteiger partial charge in [0.2, 0.25) is 17.8 Å². The van der Waals surface area contributed by atoms with Crippen molar-refractivity contribution < 1.29 is 4.39 Å². The highest BCUT2D eigenvalue weighted by atomic mass is 19.1. The maximum absolute atomic E-state index is 13.2. The number of hydrazone groups is 1. The Morgan fingerprint density at radius 2 is 1.34 bits per heavy atom. The molecule has 2 aromatic rings. The lowest BCUT2D eigenvalue weighted by atomic mass is 10.1. The van der Waals surface area contributed by atoms with E-state index in [1.807, 2.05) is 6.92 Å². The zero-order chi connectivity index (χ0) is 20.1. The van der Waals surface area contributed by atoms with Crippen LogP contribution < -0.4 is 15.2 Å². The van der Waals surface area contributed by atoms with Gasteiger partial charge in [0.1, 0.15) is 5.82 Å². The Labute approximate surface area is 171 Å². The highest BCUT2D eigenvalue weighted by Gasteiger charge is 2.20. The first-order valence-corrected chi connectivity index (χ1v) is 10.5. The highest BCUT2D eigenvalue weighted by molar-refractivity contribution is 5.98. The Morgan fingerprint density at radius 3 is 1.86 bits per heavy atom. The number of halogens is 1. The summed E-state index contributed by atoms with van der Waals surface area (Å²) in [5.41, 5.74) is 4.58. The smallest absolute Gasteiger partial charge is 0.250 e. The second-order valence-corrected chi connectivity index (χ2v) is 7.67. The summed E-state index contributed by atoms with van der Waals surface area (Å²) in [6.07, 6.45) is 7.16. The van der Waals surface area contributed by atoms with Gasteiger partial charge in [-0.1, -0.05) is 12.1 Å². The van der Waals surface area contributed by atoms with E-state index in [2.05, 4.69) is 30.3 Å². The third kappa shape index (κ3) is 4.99. The molecule has 3 heterocycles. The van der Waals surface area contributed by atoms with Crippen molar-refractivity contribution in [3.8, 4) is 0 Å². The van der Waals surface area contributed by atoms with Crippen molar-refractivity contribution in [2.75, 3.05) is 41.4 Å². The Bertz CT molecular complexity index is 804. The molecule has 0 atom stereocenters. The van der Waals surface area contributed by atoms with Gasteiger partial charge >= 0.3 is 0 Å². The molecule has 0 radical (unpaired) electrons. The molecule has 0 saturated carbocycles. The summed E-state index contributed by atoms with van der Waals surface area (Å²) in [4.78, 5) is 18.5. The predicted molar refractivity (Wildman–Crippen MR) is 114 cm³/mol. The number of anilines is 3. The lowest BCUT2D eigenvalue weighted by molar-refractivity contribution is 0.556. The first kappa shape index (κ1) is 19.5. The van der Waals surface area contributed by atoms with Gasteiger partial charge in [-0.3, -0.25) is 0 Å². The van der Waals surface area contributed by atoms with Crippen LogP contribution in [-0.4, -0.2) is 46.8 Å². The van der Waals surface area contributed by atoms with Crippen LogP contribution in [0.4, 0.5) is 22.2 Å². The zero-order valence-corrected chi connectivity index (χ0v) is 16.9. The van der Waals surface area contributed by atoms with Crippen LogP contribution >= 0.6 is 0 Å². The second-order valence-electron chi connectivity index (χ2n) is 7.67. The summed E-state index contributed by atoms with van der Waals surface area (Å²) < 4.78 is 13.2. The van der Waals surface area contributed by atoms with Crippen molar-refractivity contribution in [1.29, 1.82) is 0 Å². The third-order valence-electron chi connectivity index (χ3n) is 5.48. The topological polar surface area (TPSA) is 69.5 Å². The van der Waals surface area contributed by atoms with Crippen molar-refractivity contribution in [3.05, 3.63) is 35.6 Å². The average molecular weight is 398 g/mol. The molecule has 0 bridgehead atoms. The molecule has 2 aliphatic heterocycles. The van der Waals surface area contributed by atoms with E-state index in [0.29, 0.717) is 5.95 Å². The molecule has 2 fully saturated rings. The van der Waals surface area contributed by atoms with Crippen molar-refractivity contribution in [2.45, 2.75) is 45.4 Å². The lowest BCUT2D eigenvalue weighted by Crippen LogP contribution is -2.34. The maximum Gasteiger partial charge on any atom is 0.250 e. The lowest BCUT2D eigenvalue weighted by Gasteiger charge is -2.30. The van der Waals surface area contributed by atoms with E-state index in [1.165, 1.54) is 25.0 Å². The molecule has 0 aliphatic carbocycles. The number of nitrogens with one attached hydrogen (secondary N) is 1. The quantitative estimate of drug-likeness (QED) is 0.611. The van der Waals surface area contributed by atoms with E-state index in [-0.39, 0.29) is 5.82 Å². The number of nitrogens with zero attached hydrogens (tertiary/aromatic N) is 6. The summed E-state index contributed by atoms with van der Waals surface area (Å²) in [5.74, 6) is 1.63. The van der Waals surface area contributed by atoms with Crippen LogP contribution in [0.1, 0.15) is 51.0 Å². The second kappa shape index (κ2) is 9.15. The van der Waals surface area contributed by atoms with Gasteiger partial charge in [-0.15, -0.1) is 0 Å². The average Bonchev–Trinajstić information content (AvgIpc) is 2.79. The third-order valence-corrected chi connectivity index (χ3v) is 5.48. The van der Waals surface area contributed by atoms with Gasteiger partial charge < -0.3 is 9.80 Å². The minimum Gasteiger partial charge on any atom is -0.341 e. The summed E-state index contributed by atoms with van der Waals surface area (Å²) in [6, 6.07) is 6.28. The first-order chi connectivity index (χ1) is 14.2. The summed E-state index contributed by atoms with van der Waals surface area (Å²) in [5, 5.41) is 4.42. The van der Waals surface area contributed by atoms with E-state index in [1.54, 1.807) is 12.1 Å². The molecule has 4 rings (SSSR count). The van der Waals surface area contributed by atoms with Crippen molar-refractivity contribution in [1.82, 2.24) is 15.0 Å². The fourth-order valence-electron chi connectivity index (χ4n) is 3.76. The van der Waals surface area contributed by atoms with E-state index in [9.17, 15) is 4.39 Å². The monoisotopic (exact) mass is 397 g/mol. The molecule has 7 nitrogen and oxygen atoms in total. The van der Waals surface area contributed by atoms with Crippen LogP contribution in [0.25, 0.3) is 0 Å². The van der Waals surface area contributed by atoms with Crippen LogP contribution in [-0.2, 0) is 0 Å². The van der Waals surface area contributed by atoms with E-state index in [0.717, 1.165) is 75.0 Å². The van der Waals surface area contributed by atoms with Gasteiger partial charge in [0.15, 0.2) is 0 Å². The van der Waals surface area contributed by atoms with Crippen LogP contribution in [0.2, 0.25) is 0 Å². The Morgan fingerprint density at radius 1 is 0.828 bits per heavy atom. The molecule has 2 saturated heterocycles. The number of benzene rings is 1. The number of aromatic nitrogens is 3. The molecule has 1 aromatic carbocycles. The summed E-state index contributed by atoms with van der Waals surface area (Å²) in [6.45, 7) is 5.77. The molecule has 1 N–H and O–H groups in total. The molecule has 29 heavy (non-hydrogen) atoms. The predicted octanol–water partition coefficient (Wildman–Crippen LogP) is 3.83. The Hall–Kier alpha value is -2.77. The number of hydrogen-bond donors (Lipinski definition) is 1. The van der Waals surface area contributed by atoms with Crippen LogP contribution in [0.3, 0.4) is 0 Å². The van der Waals surface area contributed by atoms with Crippen LogP contribution in [0.5, 0.6) is 0 Å². The molecular formula is C21H28FN7. The van der Waals surface area contributed by atoms with Crippen LogP contribution in [0, 0.1) is 5.82 Å². The standard InChI is InChI=1S/C21H28FN7/c1-16(17-8-10-18(22)11-9-17)26-27-19-23-20(28-12-4-2-5-13-28)25-21(24-19)29-14-6-3-7-15-29/h8-11H,2-7,12-15H2,1H3,(H,23,24,25,27)/b26-16-. The van der Waals surface area contributed by atoms with Crippen molar-refractivity contribution in [2.24, 2.45) is 5.10 Å². The molecule has 154 valence electrons. The van der Waals surface area contributed by atoms with E-state index >= 15 is 0 Å². The Balaban J connectivity index is 1.58. The van der Waals surface area contributed by atoms with E-state index < -0.39 is 0 Å². The largest absolute Gasteiger partial charge is 0.341 e. The Kier molecular flexibility index (Phi) is 6.17. The summed E-state index contributed by atoms with van der Waals surface area (Å²) in [7, 11) is 0. The first-order valence-electron chi connectivity index (χ1n) is 10.5. The number of hydrogen-bond acceptors (Lipinski definition) is 7. The molecule has 0 amide bonds. The van der Waals surface area contributed by atoms with Gasteiger partial charge in [0, 0.05) is 26.2 Å². The molecular weight excluding hydrogens is 369 g/mol. The summed E-state index contributed by atoms with van der Waals surface area (Å²) >= 11 is 0. The van der Waals surface area contributed by atoms with Crippen LogP contribution in [0.15, 0.2) is 29.4 Å². The van der Waals surface area contributed by atoms with Gasteiger partial charge in [-0.25, -0.2) is 9.82 Å². The van der Waals surface area contributed by atoms with Gasteiger partial charge in [0.25, 0.3) is 0 Å². The number of piperidine rings is 2. The highest BCUT2D eigenvalue weighted by Crippen LogP contribution is 2.22. The SMILES string of the molecule is C/C(=N/Nc1nc(N2CCCCC2)nc(N2CCCCC2)n1)c1ccc(F)cc1. The minimum absolute atomic E-state index is 0.260. The molecule has 8 heteroatoms. The van der Waals surface area contributed by atoms with Crippen molar-refractivity contribution >= 4 is 23.6 Å². The maximum atomic E-state index is 13.2.